The lowest BCUT2D eigenvalue weighted by Gasteiger charge is -2.30. The molecule has 2 aliphatic rings. The number of nitrogens with zero attached hydrogens (tertiary/aromatic N) is 1. The molecule has 5 nitrogen and oxygen atoms in total. The third kappa shape index (κ3) is 8.31. The summed E-state index contributed by atoms with van der Waals surface area (Å²) in [5.41, 5.74) is 1.26. The fourth-order valence-electron chi connectivity index (χ4n) is 4.86. The maximum atomic E-state index is 11.8. The number of hydrogen-bond donors (Lipinski definition) is 1. The fraction of sp³-hybridized carbons (Fsp3) is 0.607. The summed E-state index contributed by atoms with van der Waals surface area (Å²) in [5.74, 6) is 1.20. The molecule has 0 aromatic heterocycles. The van der Waals surface area contributed by atoms with Crippen molar-refractivity contribution in [2.75, 3.05) is 32.9 Å². The second-order valence-electron chi connectivity index (χ2n) is 9.33. The van der Waals surface area contributed by atoms with Gasteiger partial charge in [0.2, 0.25) is 0 Å². The summed E-state index contributed by atoms with van der Waals surface area (Å²) in [6.45, 7) is 9.04. The molecule has 1 N–H and O–H groups in total. The molecule has 0 radical (unpaired) electrons. The molecule has 2 aromatic carbocycles. The molecule has 0 amide bonds. The van der Waals surface area contributed by atoms with Gasteiger partial charge in [0.25, 0.3) is 0 Å². The van der Waals surface area contributed by atoms with Crippen LogP contribution in [0.15, 0.2) is 36.4 Å². The van der Waals surface area contributed by atoms with E-state index in [0.29, 0.717) is 12.4 Å². The van der Waals surface area contributed by atoms with Crippen molar-refractivity contribution in [2.24, 2.45) is 11.8 Å². The molecular weight excluding hydrogens is 414 g/mol. The summed E-state index contributed by atoms with van der Waals surface area (Å²) >= 11 is 0. The lowest BCUT2D eigenvalue weighted by molar-refractivity contribution is -0.149. The summed E-state index contributed by atoms with van der Waals surface area (Å²) < 4.78 is 10.5. The van der Waals surface area contributed by atoms with Crippen molar-refractivity contribution in [3.63, 3.8) is 0 Å². The number of esters is 1. The van der Waals surface area contributed by atoms with Crippen LogP contribution >= 0.6 is 0 Å². The van der Waals surface area contributed by atoms with Gasteiger partial charge >= 0.3 is 5.97 Å². The molecule has 1 saturated carbocycles. The molecule has 5 heteroatoms. The number of piperidine rings is 1. The number of ether oxygens (including phenoxy) is 2. The molecule has 1 saturated heterocycles. The largest absolute Gasteiger partial charge is 0.508 e. The van der Waals surface area contributed by atoms with Crippen LogP contribution in [-0.2, 0) is 20.8 Å². The number of carbonyl (C=O) groups is 1. The first-order chi connectivity index (χ1) is 16.1. The maximum absolute atomic E-state index is 11.8. The zero-order valence-electron chi connectivity index (χ0n) is 20.4. The molecule has 182 valence electrons. The topological polar surface area (TPSA) is 59.0 Å². The third-order valence-corrected chi connectivity index (χ3v) is 6.78. The summed E-state index contributed by atoms with van der Waals surface area (Å²) in [6.07, 6.45) is 8.86. The highest BCUT2D eigenvalue weighted by Crippen LogP contribution is 2.25. The molecular formula is C28H41NO4. The van der Waals surface area contributed by atoms with E-state index in [0.717, 1.165) is 62.4 Å². The van der Waals surface area contributed by atoms with Crippen LogP contribution in [0.5, 0.6) is 5.75 Å². The summed E-state index contributed by atoms with van der Waals surface area (Å²) in [4.78, 5) is 14.2. The Balaban J connectivity index is 0.000000257. The SMILES string of the molecule is CCOC(=O)C1CCN(Cc2ccc3cc(O)ccc3c2)CC1.CCOCC1CCCCC1. The highest BCUT2D eigenvalue weighted by molar-refractivity contribution is 5.84. The van der Waals surface area contributed by atoms with Crippen LogP contribution in [0.3, 0.4) is 0 Å². The predicted octanol–water partition coefficient (Wildman–Crippen LogP) is 5.92. The van der Waals surface area contributed by atoms with E-state index >= 15 is 0 Å². The van der Waals surface area contributed by atoms with Gasteiger partial charge in [0.1, 0.15) is 5.75 Å². The summed E-state index contributed by atoms with van der Waals surface area (Å²) in [5, 5.41) is 11.7. The number of aromatic hydroxyl groups is 1. The minimum absolute atomic E-state index is 0.0438. The van der Waals surface area contributed by atoms with E-state index in [2.05, 4.69) is 30.0 Å². The minimum Gasteiger partial charge on any atom is -0.508 e. The number of phenols is 1. The van der Waals surface area contributed by atoms with Crippen LogP contribution in [0.25, 0.3) is 10.8 Å². The van der Waals surface area contributed by atoms with Crippen molar-refractivity contribution < 1.29 is 19.4 Å². The molecule has 33 heavy (non-hydrogen) atoms. The average molecular weight is 456 g/mol. The lowest BCUT2D eigenvalue weighted by atomic mass is 9.90. The van der Waals surface area contributed by atoms with E-state index < -0.39 is 0 Å². The van der Waals surface area contributed by atoms with Crippen LogP contribution in [0.4, 0.5) is 0 Å². The number of benzene rings is 2. The van der Waals surface area contributed by atoms with Gasteiger partial charge in [-0.25, -0.2) is 0 Å². The fourth-order valence-corrected chi connectivity index (χ4v) is 4.86. The van der Waals surface area contributed by atoms with Gasteiger partial charge in [0, 0.05) is 19.8 Å². The monoisotopic (exact) mass is 455 g/mol. The molecule has 0 atom stereocenters. The van der Waals surface area contributed by atoms with Gasteiger partial charge in [0.05, 0.1) is 12.5 Å². The predicted molar refractivity (Wildman–Crippen MR) is 133 cm³/mol. The van der Waals surface area contributed by atoms with Gasteiger partial charge in [-0.3, -0.25) is 9.69 Å². The minimum atomic E-state index is -0.0438. The number of phenolic OH excluding ortho intramolecular Hbond substituents is 1. The Morgan fingerprint density at radius 1 is 0.939 bits per heavy atom. The Morgan fingerprint density at radius 2 is 1.64 bits per heavy atom. The average Bonchev–Trinajstić information content (AvgIpc) is 2.84. The number of likely N-dealkylation sites (tertiary alicyclic amines) is 1. The van der Waals surface area contributed by atoms with E-state index in [-0.39, 0.29) is 11.9 Å². The molecule has 0 unspecified atom stereocenters. The Kier molecular flexibility index (Phi) is 10.5. The van der Waals surface area contributed by atoms with E-state index in [1.54, 1.807) is 12.1 Å². The highest BCUT2D eigenvalue weighted by atomic mass is 16.5. The van der Waals surface area contributed by atoms with Gasteiger partial charge in [0.15, 0.2) is 0 Å². The summed E-state index contributed by atoms with van der Waals surface area (Å²) in [6, 6.07) is 11.8. The van der Waals surface area contributed by atoms with E-state index in [9.17, 15) is 9.90 Å². The Morgan fingerprint density at radius 3 is 2.33 bits per heavy atom. The molecule has 2 fully saturated rings. The van der Waals surface area contributed by atoms with E-state index in [1.165, 1.54) is 37.7 Å². The van der Waals surface area contributed by atoms with Crippen molar-refractivity contribution >= 4 is 16.7 Å². The highest BCUT2D eigenvalue weighted by Gasteiger charge is 2.25. The van der Waals surface area contributed by atoms with Gasteiger partial charge < -0.3 is 14.6 Å². The third-order valence-electron chi connectivity index (χ3n) is 6.78. The van der Waals surface area contributed by atoms with Crippen molar-refractivity contribution in [1.82, 2.24) is 4.90 Å². The molecule has 1 aliphatic heterocycles. The van der Waals surface area contributed by atoms with Crippen LogP contribution < -0.4 is 0 Å². The molecule has 0 bridgehead atoms. The second-order valence-corrected chi connectivity index (χ2v) is 9.33. The van der Waals surface area contributed by atoms with Crippen LogP contribution in [0, 0.1) is 11.8 Å². The van der Waals surface area contributed by atoms with Gasteiger partial charge in [-0.15, -0.1) is 0 Å². The molecule has 4 rings (SSSR count). The van der Waals surface area contributed by atoms with Crippen LogP contribution in [0.1, 0.15) is 64.4 Å². The Hall–Kier alpha value is -2.11. The number of fused-ring (bicyclic) bond motifs is 1. The quantitative estimate of drug-likeness (QED) is 0.525. The van der Waals surface area contributed by atoms with Crippen molar-refractivity contribution in [2.45, 2.75) is 65.3 Å². The molecule has 1 heterocycles. The number of rotatable bonds is 7. The maximum Gasteiger partial charge on any atom is 0.309 e. The zero-order valence-corrected chi connectivity index (χ0v) is 20.4. The molecule has 1 aliphatic carbocycles. The zero-order chi connectivity index (χ0) is 23.5. The van der Waals surface area contributed by atoms with Crippen LogP contribution in [-0.4, -0.2) is 48.9 Å². The number of hydrogen-bond acceptors (Lipinski definition) is 5. The van der Waals surface area contributed by atoms with Crippen molar-refractivity contribution in [3.8, 4) is 5.75 Å². The normalized spacial score (nSPS) is 18.0. The smallest absolute Gasteiger partial charge is 0.309 e. The Bertz CT molecular complexity index is 854. The van der Waals surface area contributed by atoms with Gasteiger partial charge in [-0.2, -0.15) is 0 Å². The standard InChI is InChI=1S/C19H23NO3.C9H18O/c1-2-23-19(22)15-7-9-20(10-8-15)13-14-3-4-17-12-18(21)6-5-16(17)11-14;1-2-10-8-9-6-4-3-5-7-9/h3-6,11-12,15,21H,2,7-10,13H2,1H3;9H,2-8H2,1H3. The van der Waals surface area contributed by atoms with Crippen molar-refractivity contribution in [3.05, 3.63) is 42.0 Å². The first-order valence-corrected chi connectivity index (χ1v) is 12.8. The van der Waals surface area contributed by atoms with Crippen molar-refractivity contribution in [1.29, 1.82) is 0 Å². The van der Waals surface area contributed by atoms with Gasteiger partial charge in [-0.1, -0.05) is 37.5 Å². The van der Waals surface area contributed by atoms with E-state index in [4.69, 9.17) is 9.47 Å². The lowest BCUT2D eigenvalue weighted by Crippen LogP contribution is -2.36. The van der Waals surface area contributed by atoms with E-state index in [1.807, 2.05) is 13.0 Å². The molecule has 2 aromatic rings. The van der Waals surface area contributed by atoms with Crippen LogP contribution in [0.2, 0.25) is 0 Å². The first-order valence-electron chi connectivity index (χ1n) is 12.8. The molecule has 0 spiro atoms. The number of carbonyl (C=O) groups excluding carboxylic acids is 1. The second kappa shape index (κ2) is 13.6. The Labute approximate surface area is 199 Å². The summed E-state index contributed by atoms with van der Waals surface area (Å²) in [7, 11) is 0. The first kappa shape index (κ1) is 25.5. The van der Waals surface area contributed by atoms with Gasteiger partial charge in [-0.05, 0) is 93.1 Å².